The van der Waals surface area contributed by atoms with Crippen molar-refractivity contribution in [1.29, 1.82) is 0 Å². The van der Waals surface area contributed by atoms with Gasteiger partial charge in [0.15, 0.2) is 0 Å². The summed E-state index contributed by atoms with van der Waals surface area (Å²) in [6, 6.07) is 145. The Hall–Kier alpha value is -13.8. The van der Waals surface area contributed by atoms with Gasteiger partial charge in [-0.25, -0.2) is 0 Å². The maximum absolute atomic E-state index is 2.49. The zero-order valence-electron chi connectivity index (χ0n) is 65.5. The van der Waals surface area contributed by atoms with Gasteiger partial charge >= 0.3 is 0 Å². The minimum absolute atomic E-state index is 0.0368. The van der Waals surface area contributed by atoms with Crippen LogP contribution >= 0.6 is 0 Å². The van der Waals surface area contributed by atoms with Crippen molar-refractivity contribution in [2.75, 3.05) is 0 Å². The average Bonchev–Trinajstić information content (AvgIpc) is 1.59. The first-order valence-electron chi connectivity index (χ1n) is 40.7. The highest BCUT2D eigenvalue weighted by molar-refractivity contribution is 6.24. The molecule has 0 N–H and O–H groups in total. The van der Waals surface area contributed by atoms with E-state index < -0.39 is 0 Å². The third-order valence-electron chi connectivity index (χ3n) is 26.4. The molecule has 542 valence electrons. The van der Waals surface area contributed by atoms with Crippen molar-refractivity contribution in [3.63, 3.8) is 0 Å². The van der Waals surface area contributed by atoms with E-state index in [2.05, 4.69) is 430 Å². The van der Waals surface area contributed by atoms with Crippen LogP contribution in [-0.4, -0.2) is 0 Å². The van der Waals surface area contributed by atoms with E-state index in [1.165, 1.54) is 231 Å². The van der Waals surface area contributed by atoms with E-state index in [9.17, 15) is 0 Å². The summed E-state index contributed by atoms with van der Waals surface area (Å²) in [7, 11) is 0. The van der Waals surface area contributed by atoms with E-state index in [0.29, 0.717) is 0 Å². The molecule has 20 aromatic carbocycles. The fourth-order valence-electron chi connectivity index (χ4n) is 20.6. The Morgan fingerprint density at radius 3 is 0.739 bits per heavy atom. The van der Waals surface area contributed by atoms with Gasteiger partial charge in [-0.15, -0.1) is 0 Å². The maximum atomic E-state index is 2.49. The van der Waals surface area contributed by atoms with Gasteiger partial charge in [0.05, 0.1) is 0 Å². The lowest BCUT2D eigenvalue weighted by atomic mass is 9.80. The van der Waals surface area contributed by atoms with Crippen LogP contribution in [0.5, 0.6) is 0 Å². The van der Waals surface area contributed by atoms with Crippen molar-refractivity contribution < 1.29 is 0 Å². The molecule has 0 unspecified atom stereocenters. The SMILES string of the molecule is CC1(C)c2ccccc2-c2ccc(-c3c4ccccc4c(-c4ccc(-c5cccc6ccccc56)cc4)c4ccc(-c5cccc6ccccc56)cc34)cc21.CC1(C)c2ccccc2-c2ccc(-c3ccc(-c4c5ccccc5c(-c5ccc6c(c5)C(C)(C)c5ccccc5-6)c5cc(-c6cccc7ccccc67)ccc45)cc3)cc21. The molecule has 0 atom stereocenters. The summed E-state index contributed by atoms with van der Waals surface area (Å²) in [5, 5.41) is 17.7. The van der Waals surface area contributed by atoms with Gasteiger partial charge < -0.3 is 0 Å². The van der Waals surface area contributed by atoms with Gasteiger partial charge in [0, 0.05) is 16.2 Å². The number of fused-ring (bicyclic) bond motifs is 16. The highest BCUT2D eigenvalue weighted by atomic mass is 14.4. The Balaban J connectivity index is 0.000000140. The van der Waals surface area contributed by atoms with E-state index >= 15 is 0 Å². The largest absolute Gasteiger partial charge is 0.0619 e. The average molecular weight is 1460 g/mol. The summed E-state index contributed by atoms with van der Waals surface area (Å²) >= 11 is 0. The van der Waals surface area contributed by atoms with E-state index in [4.69, 9.17) is 0 Å². The summed E-state index contributed by atoms with van der Waals surface area (Å²) in [5.41, 5.74) is 36.3. The second-order valence-corrected chi connectivity index (χ2v) is 33.6. The second kappa shape index (κ2) is 26.2. The van der Waals surface area contributed by atoms with Crippen LogP contribution in [0.4, 0.5) is 0 Å². The van der Waals surface area contributed by atoms with Crippen LogP contribution in [0.1, 0.15) is 74.9 Å². The number of hydrogen-bond acceptors (Lipinski definition) is 0. The smallest absolute Gasteiger partial charge is 0.0159 e. The lowest BCUT2D eigenvalue weighted by molar-refractivity contribution is 0.660. The molecule has 0 fully saturated rings. The molecular weight excluding hydrogens is 1380 g/mol. The number of rotatable bonds is 8. The Kier molecular flexibility index (Phi) is 15.5. The van der Waals surface area contributed by atoms with Crippen molar-refractivity contribution in [2.45, 2.75) is 57.8 Å². The van der Waals surface area contributed by atoms with E-state index in [-0.39, 0.29) is 16.2 Å². The first-order valence-corrected chi connectivity index (χ1v) is 40.7. The molecule has 0 saturated heterocycles. The van der Waals surface area contributed by atoms with Crippen LogP contribution in [0.25, 0.3) is 198 Å². The molecule has 0 saturated carbocycles. The maximum Gasteiger partial charge on any atom is 0.0159 e. The Morgan fingerprint density at radius 2 is 0.365 bits per heavy atom. The Labute approximate surface area is 672 Å². The number of benzene rings is 20. The molecule has 0 heteroatoms. The van der Waals surface area contributed by atoms with Gasteiger partial charge in [0.1, 0.15) is 0 Å². The van der Waals surface area contributed by atoms with Crippen LogP contribution in [0.2, 0.25) is 0 Å². The molecule has 115 heavy (non-hydrogen) atoms. The number of hydrogen-bond donors (Lipinski definition) is 0. The predicted octanol–water partition coefficient (Wildman–Crippen LogP) is 31.7. The van der Waals surface area contributed by atoms with Gasteiger partial charge in [0.2, 0.25) is 0 Å². The lowest BCUT2D eigenvalue weighted by Gasteiger charge is -2.23. The van der Waals surface area contributed by atoms with Gasteiger partial charge in [0.25, 0.3) is 0 Å². The highest BCUT2D eigenvalue weighted by Crippen LogP contribution is 2.56. The molecule has 20 aromatic rings. The van der Waals surface area contributed by atoms with Gasteiger partial charge in [-0.2, -0.15) is 0 Å². The molecule has 0 aliphatic heterocycles. The first kappa shape index (κ1) is 68.1. The van der Waals surface area contributed by atoms with Crippen LogP contribution in [0.15, 0.2) is 388 Å². The molecule has 0 radical (unpaired) electrons. The summed E-state index contributed by atoms with van der Waals surface area (Å²) < 4.78 is 0. The Morgan fingerprint density at radius 1 is 0.130 bits per heavy atom. The second-order valence-electron chi connectivity index (χ2n) is 33.6. The third kappa shape index (κ3) is 10.7. The summed E-state index contributed by atoms with van der Waals surface area (Å²) in [6.45, 7) is 14.2. The monoisotopic (exact) mass is 1460 g/mol. The molecular formula is C115H82. The molecule has 3 aliphatic rings. The fraction of sp³-hybridized carbons (Fsp3) is 0.0783. The molecule has 0 nitrogen and oxygen atoms in total. The van der Waals surface area contributed by atoms with Gasteiger partial charge in [-0.3, -0.25) is 0 Å². The minimum Gasteiger partial charge on any atom is -0.0619 e. The van der Waals surface area contributed by atoms with Crippen LogP contribution in [-0.2, 0) is 16.2 Å². The van der Waals surface area contributed by atoms with Crippen molar-refractivity contribution in [3.8, 4) is 122 Å². The van der Waals surface area contributed by atoms with Crippen molar-refractivity contribution in [3.05, 3.63) is 422 Å². The Bertz CT molecular complexity index is 7440. The lowest BCUT2D eigenvalue weighted by Crippen LogP contribution is -2.14. The first-order chi connectivity index (χ1) is 56.3. The van der Waals surface area contributed by atoms with Crippen molar-refractivity contribution in [2.24, 2.45) is 0 Å². The van der Waals surface area contributed by atoms with E-state index in [0.717, 1.165) is 0 Å². The topological polar surface area (TPSA) is 0 Å². The van der Waals surface area contributed by atoms with Crippen LogP contribution in [0.3, 0.4) is 0 Å². The van der Waals surface area contributed by atoms with Crippen molar-refractivity contribution >= 4 is 75.4 Å². The molecule has 0 bridgehead atoms. The predicted molar refractivity (Wildman–Crippen MR) is 492 cm³/mol. The molecule has 3 aliphatic carbocycles. The van der Waals surface area contributed by atoms with Crippen LogP contribution in [0, 0.1) is 0 Å². The van der Waals surface area contributed by atoms with Gasteiger partial charge in [-0.05, 0) is 262 Å². The standard InChI is InChI=1S/C60H44.C55H38/c1-59(2)53-22-11-9-17-45(53)47-31-28-40(35-55(47)59)37-24-26-39(27-25-37)57-49-19-7-8-20-50(49)58(42-30-32-48-46-18-10-12-23-54(46)60(3,4)56(48)36-42)52-34-41(29-33-51(52)57)44-21-13-15-38-14-5-6-16-43(38)44;1-55(2)51-24-10-9-19-45(51)46-31-30-40(34-52(46)55)54-48-21-8-7-20-47(48)53(38-27-25-37(26-28-38)43-22-11-15-35-13-3-5-17-41(35)43)49-32-29-39(33-50(49)54)44-23-12-16-36-14-4-6-18-42(36)44/h5-36H,1-4H3;3-34H,1-2H3. The fourth-order valence-corrected chi connectivity index (χ4v) is 20.6. The molecule has 0 heterocycles. The van der Waals surface area contributed by atoms with Crippen molar-refractivity contribution in [1.82, 2.24) is 0 Å². The molecule has 0 amide bonds. The quantitative estimate of drug-likeness (QED) is 0.133. The minimum atomic E-state index is -0.0953. The highest BCUT2D eigenvalue weighted by Gasteiger charge is 2.39. The zero-order valence-corrected chi connectivity index (χ0v) is 65.5. The van der Waals surface area contributed by atoms with E-state index in [1.54, 1.807) is 0 Å². The molecule has 0 aromatic heterocycles. The normalized spacial score (nSPS) is 13.7. The summed E-state index contributed by atoms with van der Waals surface area (Å²) in [6.07, 6.45) is 0. The molecule has 23 rings (SSSR count). The zero-order chi connectivity index (χ0) is 77.0. The third-order valence-corrected chi connectivity index (χ3v) is 26.4. The van der Waals surface area contributed by atoms with Gasteiger partial charge in [-0.1, -0.05) is 399 Å². The van der Waals surface area contributed by atoms with Crippen LogP contribution < -0.4 is 0 Å². The van der Waals surface area contributed by atoms with E-state index in [1.807, 2.05) is 0 Å². The molecule has 0 spiro atoms. The summed E-state index contributed by atoms with van der Waals surface area (Å²) in [5.74, 6) is 0. The summed E-state index contributed by atoms with van der Waals surface area (Å²) in [4.78, 5) is 0.